The van der Waals surface area contributed by atoms with E-state index < -0.39 is 5.60 Å². The number of rotatable bonds is 2. The fourth-order valence-electron chi connectivity index (χ4n) is 3.75. The number of benzene rings is 1. The minimum atomic E-state index is -0.492. The van der Waals surface area contributed by atoms with Crippen LogP contribution in [-0.4, -0.2) is 41.5 Å². The van der Waals surface area contributed by atoms with Crippen molar-refractivity contribution in [3.63, 3.8) is 0 Å². The molecule has 0 saturated carbocycles. The van der Waals surface area contributed by atoms with Crippen molar-refractivity contribution < 1.29 is 19.1 Å². The Kier molecular flexibility index (Phi) is 5.53. The van der Waals surface area contributed by atoms with Crippen LogP contribution in [0, 0.1) is 0 Å². The summed E-state index contributed by atoms with van der Waals surface area (Å²) < 4.78 is 5.50. The van der Waals surface area contributed by atoms with Crippen LogP contribution in [0.25, 0.3) is 0 Å². The van der Waals surface area contributed by atoms with Crippen molar-refractivity contribution in [3.8, 4) is 0 Å². The first-order chi connectivity index (χ1) is 12.7. The van der Waals surface area contributed by atoms with Gasteiger partial charge < -0.3 is 9.64 Å². The summed E-state index contributed by atoms with van der Waals surface area (Å²) in [6.07, 6.45) is 2.65. The summed E-state index contributed by atoms with van der Waals surface area (Å²) in [7, 11) is 0. The van der Waals surface area contributed by atoms with Gasteiger partial charge in [0.05, 0.1) is 5.92 Å². The zero-order chi connectivity index (χ0) is 19.6. The first-order valence-corrected chi connectivity index (χ1v) is 9.64. The number of ether oxygens (including phenoxy) is 1. The van der Waals surface area contributed by atoms with Gasteiger partial charge in [-0.25, -0.2) is 4.79 Å². The van der Waals surface area contributed by atoms with Crippen molar-refractivity contribution in [2.75, 3.05) is 13.1 Å². The molecule has 2 atom stereocenters. The first-order valence-electron chi connectivity index (χ1n) is 9.64. The zero-order valence-electron chi connectivity index (χ0n) is 16.3. The molecule has 2 fully saturated rings. The van der Waals surface area contributed by atoms with E-state index in [4.69, 9.17) is 4.74 Å². The number of hydrogen-bond donors (Lipinski definition) is 1. The lowest BCUT2D eigenvalue weighted by Crippen LogP contribution is -2.42. The molecule has 0 radical (unpaired) electrons. The average Bonchev–Trinajstić information content (AvgIpc) is 2.61. The van der Waals surface area contributed by atoms with E-state index in [1.807, 2.05) is 45.0 Å². The molecule has 27 heavy (non-hydrogen) atoms. The van der Waals surface area contributed by atoms with Crippen LogP contribution < -0.4 is 5.32 Å². The second-order valence-corrected chi connectivity index (χ2v) is 8.44. The quantitative estimate of drug-likeness (QED) is 0.808. The van der Waals surface area contributed by atoms with Gasteiger partial charge in [-0.2, -0.15) is 0 Å². The predicted octanol–water partition coefficient (Wildman–Crippen LogP) is 3.32. The number of likely N-dealkylation sites (tertiary alicyclic amines) is 1. The van der Waals surface area contributed by atoms with E-state index in [0.717, 1.165) is 24.9 Å². The fraction of sp³-hybridized carbons (Fsp3) is 0.571. The number of nitrogens with one attached hydrogen (secondary N) is 1. The number of nitrogens with zero attached hydrogens (tertiary/aromatic N) is 1. The lowest BCUT2D eigenvalue weighted by Gasteiger charge is -2.34. The highest BCUT2D eigenvalue weighted by Crippen LogP contribution is 2.30. The van der Waals surface area contributed by atoms with E-state index in [1.165, 1.54) is 5.56 Å². The van der Waals surface area contributed by atoms with Crippen molar-refractivity contribution in [1.29, 1.82) is 0 Å². The highest BCUT2D eigenvalue weighted by molar-refractivity contribution is 6.00. The molecule has 1 aromatic rings. The lowest BCUT2D eigenvalue weighted by molar-refractivity contribution is -0.134. The Morgan fingerprint density at radius 1 is 1.11 bits per heavy atom. The van der Waals surface area contributed by atoms with Crippen LogP contribution in [0.15, 0.2) is 24.3 Å². The lowest BCUT2D eigenvalue weighted by atomic mass is 9.86. The van der Waals surface area contributed by atoms with Gasteiger partial charge in [-0.15, -0.1) is 0 Å². The summed E-state index contributed by atoms with van der Waals surface area (Å²) in [4.78, 5) is 37.5. The van der Waals surface area contributed by atoms with Gasteiger partial charge in [0.25, 0.3) is 0 Å². The molecule has 2 heterocycles. The van der Waals surface area contributed by atoms with Gasteiger partial charge in [-0.1, -0.05) is 24.3 Å². The maximum Gasteiger partial charge on any atom is 0.410 e. The van der Waals surface area contributed by atoms with Crippen molar-refractivity contribution in [3.05, 3.63) is 35.4 Å². The van der Waals surface area contributed by atoms with Gasteiger partial charge in [0.15, 0.2) is 0 Å². The summed E-state index contributed by atoms with van der Waals surface area (Å²) in [5.41, 5.74) is 1.61. The number of carbonyl (C=O) groups is 3. The Bertz CT molecular complexity index is 721. The van der Waals surface area contributed by atoms with E-state index >= 15 is 0 Å². The van der Waals surface area contributed by atoms with Crippen molar-refractivity contribution in [2.45, 2.75) is 63.9 Å². The second kappa shape index (κ2) is 7.71. The molecule has 0 aromatic heterocycles. The fourth-order valence-corrected chi connectivity index (χ4v) is 3.75. The Morgan fingerprint density at radius 2 is 1.78 bits per heavy atom. The number of hydrogen-bond acceptors (Lipinski definition) is 4. The molecule has 1 unspecified atom stereocenters. The maximum atomic E-state index is 12.3. The first kappa shape index (κ1) is 19.4. The molecule has 0 aliphatic carbocycles. The Balaban J connectivity index is 1.65. The van der Waals surface area contributed by atoms with Gasteiger partial charge in [0, 0.05) is 25.4 Å². The van der Waals surface area contributed by atoms with Crippen LogP contribution >= 0.6 is 0 Å². The largest absolute Gasteiger partial charge is 0.444 e. The van der Waals surface area contributed by atoms with Gasteiger partial charge in [-0.05, 0) is 51.2 Å². The standard InChI is InChI=1S/C21H28N2O4/c1-21(2,3)27-20(26)23-12-4-5-16(13-23)14-6-8-15(9-7-14)17-10-11-18(24)22-19(17)25/h6-9,16-17H,4-5,10-13H2,1-3H3,(H,22,24,25)/t16-,17?/m1/s1. The molecule has 146 valence electrons. The van der Waals surface area contributed by atoms with Crippen molar-refractivity contribution in [2.24, 2.45) is 0 Å². The minimum Gasteiger partial charge on any atom is -0.444 e. The molecule has 0 bridgehead atoms. The summed E-state index contributed by atoms with van der Waals surface area (Å²) in [5, 5.41) is 2.41. The van der Waals surface area contributed by atoms with Gasteiger partial charge >= 0.3 is 6.09 Å². The average molecular weight is 372 g/mol. The molecule has 2 saturated heterocycles. The number of piperidine rings is 2. The molecule has 6 nitrogen and oxygen atoms in total. The third kappa shape index (κ3) is 4.87. The van der Waals surface area contributed by atoms with Gasteiger partial charge in [0.2, 0.25) is 11.8 Å². The van der Waals surface area contributed by atoms with E-state index in [-0.39, 0.29) is 29.7 Å². The summed E-state index contributed by atoms with van der Waals surface area (Å²) in [5.74, 6) is -0.409. The van der Waals surface area contributed by atoms with E-state index in [0.29, 0.717) is 19.4 Å². The smallest absolute Gasteiger partial charge is 0.410 e. The highest BCUT2D eigenvalue weighted by atomic mass is 16.6. The van der Waals surface area contributed by atoms with Crippen LogP contribution in [0.3, 0.4) is 0 Å². The number of carbonyl (C=O) groups excluding carboxylic acids is 3. The van der Waals surface area contributed by atoms with Crippen LogP contribution in [0.1, 0.15) is 69.4 Å². The molecular weight excluding hydrogens is 344 g/mol. The van der Waals surface area contributed by atoms with E-state index in [1.54, 1.807) is 4.90 Å². The van der Waals surface area contributed by atoms with Crippen molar-refractivity contribution in [1.82, 2.24) is 10.2 Å². The Hall–Kier alpha value is -2.37. The summed E-state index contributed by atoms with van der Waals surface area (Å²) in [6.45, 7) is 6.99. The molecule has 2 aliphatic heterocycles. The Morgan fingerprint density at radius 3 is 2.41 bits per heavy atom. The monoisotopic (exact) mass is 372 g/mol. The third-order valence-corrected chi connectivity index (χ3v) is 5.12. The topological polar surface area (TPSA) is 75.7 Å². The molecule has 0 spiro atoms. The zero-order valence-corrected chi connectivity index (χ0v) is 16.3. The number of amides is 3. The van der Waals surface area contributed by atoms with Crippen LogP contribution in [0.2, 0.25) is 0 Å². The Labute approximate surface area is 160 Å². The molecule has 1 aromatic carbocycles. The van der Waals surface area contributed by atoms with E-state index in [9.17, 15) is 14.4 Å². The molecular formula is C21H28N2O4. The second-order valence-electron chi connectivity index (χ2n) is 8.44. The predicted molar refractivity (Wildman–Crippen MR) is 101 cm³/mol. The normalized spacial score (nSPS) is 23.7. The van der Waals surface area contributed by atoms with Crippen molar-refractivity contribution >= 4 is 17.9 Å². The number of imide groups is 1. The van der Waals surface area contributed by atoms with Gasteiger partial charge in [-0.3, -0.25) is 14.9 Å². The minimum absolute atomic E-state index is 0.197. The van der Waals surface area contributed by atoms with Crippen LogP contribution in [0.4, 0.5) is 4.79 Å². The van der Waals surface area contributed by atoms with E-state index in [2.05, 4.69) is 5.32 Å². The molecule has 3 amide bonds. The molecule has 6 heteroatoms. The molecule has 3 rings (SSSR count). The third-order valence-electron chi connectivity index (χ3n) is 5.12. The molecule has 2 aliphatic rings. The van der Waals surface area contributed by atoms with Crippen LogP contribution in [0.5, 0.6) is 0 Å². The SMILES string of the molecule is CC(C)(C)OC(=O)N1CCC[C@@H](c2ccc(C3CCC(=O)NC3=O)cc2)C1. The highest BCUT2D eigenvalue weighted by Gasteiger charge is 2.30. The maximum absolute atomic E-state index is 12.3. The summed E-state index contributed by atoms with van der Waals surface area (Å²) in [6, 6.07) is 8.04. The molecule has 1 N–H and O–H groups in total. The van der Waals surface area contributed by atoms with Crippen LogP contribution in [-0.2, 0) is 14.3 Å². The summed E-state index contributed by atoms with van der Waals surface area (Å²) >= 11 is 0. The van der Waals surface area contributed by atoms with Gasteiger partial charge in [0.1, 0.15) is 5.60 Å².